The molecule has 4 aromatic carbocycles. The number of carbonyl (C=O) groups is 1. The molecule has 0 aromatic heterocycles. The summed E-state index contributed by atoms with van der Waals surface area (Å²) in [6.45, 7) is 2.42. The monoisotopic (exact) mass is 460 g/mol. The highest BCUT2D eigenvalue weighted by Gasteiger charge is 2.34. The number of para-hydroxylation sites is 3. The summed E-state index contributed by atoms with van der Waals surface area (Å²) >= 11 is 0. The van der Waals surface area contributed by atoms with E-state index in [0.717, 1.165) is 16.9 Å². The predicted octanol–water partition coefficient (Wildman–Crippen LogP) is 6.71. The molecule has 0 fully saturated rings. The van der Waals surface area contributed by atoms with E-state index in [4.69, 9.17) is 14.5 Å². The zero-order valence-corrected chi connectivity index (χ0v) is 19.3. The van der Waals surface area contributed by atoms with E-state index in [0.29, 0.717) is 35.3 Å². The number of rotatable bonds is 7. The first-order valence-electron chi connectivity index (χ1n) is 11.5. The van der Waals surface area contributed by atoms with Gasteiger partial charge in [-0.1, -0.05) is 72.8 Å². The summed E-state index contributed by atoms with van der Waals surface area (Å²) in [6, 6.07) is 34.4. The number of benzene rings is 4. The van der Waals surface area contributed by atoms with Gasteiger partial charge in [0.25, 0.3) is 5.91 Å². The summed E-state index contributed by atoms with van der Waals surface area (Å²) in [5, 5.41) is 0. The van der Waals surface area contributed by atoms with Gasteiger partial charge >= 0.3 is 0 Å². The molecule has 1 amide bonds. The van der Waals surface area contributed by atoms with Crippen LogP contribution in [0.5, 0.6) is 17.2 Å². The highest BCUT2D eigenvalue weighted by atomic mass is 16.5. The standard InChI is InChI=1S/C30H24N2O3/c1-2-34-28-19-10-9-18-27(28)32-29(23-13-5-3-6-14-23)31-26(30(32)33)21-22-12-11-17-25(20-22)35-24-15-7-4-8-16-24/h3-21H,2H2,1H3. The molecule has 0 atom stereocenters. The third-order valence-corrected chi connectivity index (χ3v) is 5.44. The Labute approximate surface area is 204 Å². The van der Waals surface area contributed by atoms with Crippen molar-refractivity contribution in [2.75, 3.05) is 11.5 Å². The lowest BCUT2D eigenvalue weighted by Crippen LogP contribution is -2.33. The first kappa shape index (κ1) is 22.2. The van der Waals surface area contributed by atoms with Crippen LogP contribution in [0.1, 0.15) is 18.1 Å². The number of carbonyl (C=O) groups excluding carboxylic acids is 1. The van der Waals surface area contributed by atoms with E-state index in [9.17, 15) is 4.79 Å². The number of hydrogen-bond acceptors (Lipinski definition) is 4. The minimum atomic E-state index is -0.217. The van der Waals surface area contributed by atoms with Gasteiger partial charge in [-0.25, -0.2) is 4.99 Å². The Bertz CT molecular complexity index is 1400. The van der Waals surface area contributed by atoms with Crippen molar-refractivity contribution in [2.45, 2.75) is 6.92 Å². The lowest BCUT2D eigenvalue weighted by atomic mass is 10.1. The molecule has 5 nitrogen and oxygen atoms in total. The van der Waals surface area contributed by atoms with Gasteiger partial charge in [0.15, 0.2) is 0 Å². The highest BCUT2D eigenvalue weighted by Crippen LogP contribution is 2.35. The van der Waals surface area contributed by atoms with Crippen molar-refractivity contribution in [3.05, 3.63) is 126 Å². The molecule has 0 N–H and O–H groups in total. The van der Waals surface area contributed by atoms with E-state index in [1.807, 2.05) is 116 Å². The van der Waals surface area contributed by atoms with E-state index in [-0.39, 0.29) is 5.91 Å². The van der Waals surface area contributed by atoms with Crippen molar-refractivity contribution >= 4 is 23.5 Å². The predicted molar refractivity (Wildman–Crippen MR) is 139 cm³/mol. The van der Waals surface area contributed by atoms with E-state index in [2.05, 4.69) is 0 Å². The Hall–Kier alpha value is -4.64. The first-order valence-corrected chi connectivity index (χ1v) is 11.5. The Morgan fingerprint density at radius 1 is 0.800 bits per heavy atom. The quantitative estimate of drug-likeness (QED) is 0.288. The fourth-order valence-electron chi connectivity index (χ4n) is 3.89. The second-order valence-corrected chi connectivity index (χ2v) is 7.86. The van der Waals surface area contributed by atoms with Crippen LogP contribution in [0.25, 0.3) is 6.08 Å². The molecule has 172 valence electrons. The summed E-state index contributed by atoms with van der Waals surface area (Å²) in [5.74, 6) is 2.40. The van der Waals surface area contributed by atoms with Gasteiger partial charge in [0, 0.05) is 5.56 Å². The summed E-state index contributed by atoms with van der Waals surface area (Å²) < 4.78 is 11.8. The molecule has 5 heteroatoms. The molecular formula is C30H24N2O3. The van der Waals surface area contributed by atoms with Crippen molar-refractivity contribution in [1.29, 1.82) is 0 Å². The third-order valence-electron chi connectivity index (χ3n) is 5.44. The van der Waals surface area contributed by atoms with Crippen molar-refractivity contribution in [3.8, 4) is 17.2 Å². The van der Waals surface area contributed by atoms with Crippen LogP contribution in [-0.2, 0) is 4.79 Å². The van der Waals surface area contributed by atoms with Crippen LogP contribution in [0.2, 0.25) is 0 Å². The maximum absolute atomic E-state index is 13.7. The number of nitrogens with zero attached hydrogens (tertiary/aromatic N) is 2. The Morgan fingerprint density at radius 2 is 1.49 bits per heavy atom. The molecule has 0 radical (unpaired) electrons. The van der Waals surface area contributed by atoms with Gasteiger partial charge < -0.3 is 9.47 Å². The van der Waals surface area contributed by atoms with Crippen LogP contribution >= 0.6 is 0 Å². The van der Waals surface area contributed by atoms with Crippen molar-refractivity contribution in [3.63, 3.8) is 0 Å². The number of amides is 1. The Kier molecular flexibility index (Phi) is 6.39. The minimum absolute atomic E-state index is 0.217. The van der Waals surface area contributed by atoms with Gasteiger partial charge in [-0.15, -0.1) is 0 Å². The summed E-state index contributed by atoms with van der Waals surface area (Å²) in [7, 11) is 0. The van der Waals surface area contributed by atoms with Crippen LogP contribution < -0.4 is 14.4 Å². The maximum Gasteiger partial charge on any atom is 0.282 e. The van der Waals surface area contributed by atoms with Gasteiger partial charge in [-0.2, -0.15) is 0 Å². The van der Waals surface area contributed by atoms with Gasteiger partial charge in [-0.05, 0) is 55.0 Å². The van der Waals surface area contributed by atoms with E-state index in [1.165, 1.54) is 0 Å². The van der Waals surface area contributed by atoms with Crippen molar-refractivity contribution in [1.82, 2.24) is 0 Å². The number of aliphatic imine (C=N–C) groups is 1. The Balaban J connectivity index is 1.54. The molecule has 0 aliphatic carbocycles. The fourth-order valence-corrected chi connectivity index (χ4v) is 3.89. The molecule has 0 saturated heterocycles. The average molecular weight is 461 g/mol. The average Bonchev–Trinajstić information content (AvgIpc) is 3.21. The largest absolute Gasteiger partial charge is 0.492 e. The number of ether oxygens (including phenoxy) is 2. The molecule has 1 heterocycles. The second-order valence-electron chi connectivity index (χ2n) is 7.86. The second kappa shape index (κ2) is 10.1. The number of amidine groups is 1. The van der Waals surface area contributed by atoms with Crippen molar-refractivity contribution < 1.29 is 14.3 Å². The smallest absolute Gasteiger partial charge is 0.282 e. The lowest BCUT2D eigenvalue weighted by molar-refractivity contribution is -0.113. The molecule has 4 aromatic rings. The molecular weight excluding hydrogens is 436 g/mol. The Morgan fingerprint density at radius 3 is 2.26 bits per heavy atom. The normalized spacial score (nSPS) is 14.2. The van der Waals surface area contributed by atoms with E-state index in [1.54, 1.807) is 11.0 Å². The van der Waals surface area contributed by atoms with Crippen LogP contribution in [0.3, 0.4) is 0 Å². The summed E-state index contributed by atoms with van der Waals surface area (Å²) in [5.41, 5.74) is 2.66. The summed E-state index contributed by atoms with van der Waals surface area (Å²) in [6.07, 6.45) is 1.78. The van der Waals surface area contributed by atoms with Crippen LogP contribution in [-0.4, -0.2) is 18.3 Å². The molecule has 0 unspecified atom stereocenters. The molecule has 35 heavy (non-hydrogen) atoms. The topological polar surface area (TPSA) is 51.1 Å². The van der Waals surface area contributed by atoms with Crippen LogP contribution in [0, 0.1) is 0 Å². The zero-order chi connectivity index (χ0) is 24.0. The molecule has 0 spiro atoms. The number of hydrogen-bond donors (Lipinski definition) is 0. The molecule has 0 bridgehead atoms. The molecule has 5 rings (SSSR count). The van der Waals surface area contributed by atoms with Gasteiger partial charge in [0.05, 0.1) is 12.3 Å². The zero-order valence-electron chi connectivity index (χ0n) is 19.3. The SMILES string of the molecule is CCOc1ccccc1N1C(=O)C(=Cc2cccc(Oc3ccccc3)c2)N=C1c1ccccc1. The third kappa shape index (κ3) is 4.84. The van der Waals surface area contributed by atoms with Gasteiger partial charge in [-0.3, -0.25) is 9.69 Å². The van der Waals surface area contributed by atoms with E-state index < -0.39 is 0 Å². The van der Waals surface area contributed by atoms with Crippen LogP contribution in [0.15, 0.2) is 120 Å². The van der Waals surface area contributed by atoms with Crippen LogP contribution in [0.4, 0.5) is 5.69 Å². The molecule has 1 aliphatic rings. The van der Waals surface area contributed by atoms with Gasteiger partial charge in [0.2, 0.25) is 0 Å². The summed E-state index contributed by atoms with van der Waals surface area (Å²) in [4.78, 5) is 20.1. The van der Waals surface area contributed by atoms with Crippen molar-refractivity contribution in [2.24, 2.45) is 4.99 Å². The lowest BCUT2D eigenvalue weighted by Gasteiger charge is -2.21. The number of anilines is 1. The first-order chi connectivity index (χ1) is 17.2. The molecule has 0 saturated carbocycles. The minimum Gasteiger partial charge on any atom is -0.492 e. The maximum atomic E-state index is 13.7. The van der Waals surface area contributed by atoms with E-state index >= 15 is 0 Å². The van der Waals surface area contributed by atoms with Gasteiger partial charge in [0.1, 0.15) is 28.8 Å². The highest BCUT2D eigenvalue weighted by molar-refractivity contribution is 6.33. The molecule has 1 aliphatic heterocycles. The fraction of sp³-hybridized carbons (Fsp3) is 0.0667.